The molecule has 0 bridgehead atoms. The molecular weight excluding hydrogens is 352 g/mol. The SMILES string of the molecule is Cc1ccc(Cn2cnc3c2CC2C(=O)N(c4ccccc4)C(=O)N2C3)cc1. The van der Waals surface area contributed by atoms with Crippen molar-refractivity contribution < 1.29 is 9.59 Å². The minimum atomic E-state index is -0.464. The smallest absolute Gasteiger partial charge is 0.330 e. The Morgan fingerprint density at radius 2 is 1.79 bits per heavy atom. The van der Waals surface area contributed by atoms with Crippen LogP contribution >= 0.6 is 0 Å². The molecule has 0 radical (unpaired) electrons. The van der Waals surface area contributed by atoms with Crippen molar-refractivity contribution in [3.8, 4) is 0 Å². The van der Waals surface area contributed by atoms with Crippen LogP contribution in [0.1, 0.15) is 22.5 Å². The molecule has 3 aromatic rings. The molecule has 2 aliphatic heterocycles. The van der Waals surface area contributed by atoms with Crippen LogP contribution in [-0.2, 0) is 24.3 Å². The molecule has 6 nitrogen and oxygen atoms in total. The lowest BCUT2D eigenvalue weighted by atomic mass is 10.0. The minimum Gasteiger partial charge on any atom is -0.330 e. The predicted molar refractivity (Wildman–Crippen MR) is 105 cm³/mol. The van der Waals surface area contributed by atoms with Crippen molar-refractivity contribution >= 4 is 17.6 Å². The fraction of sp³-hybridized carbons (Fsp3) is 0.227. The van der Waals surface area contributed by atoms with E-state index in [1.54, 1.807) is 17.0 Å². The Balaban J connectivity index is 1.43. The molecule has 1 fully saturated rings. The lowest BCUT2D eigenvalue weighted by Gasteiger charge is -2.27. The number of nitrogens with zero attached hydrogens (tertiary/aromatic N) is 4. The molecule has 0 N–H and O–H groups in total. The van der Waals surface area contributed by atoms with E-state index >= 15 is 0 Å². The fourth-order valence-electron chi connectivity index (χ4n) is 4.02. The number of urea groups is 1. The van der Waals surface area contributed by atoms with E-state index in [1.807, 2.05) is 24.5 Å². The van der Waals surface area contributed by atoms with E-state index in [4.69, 9.17) is 0 Å². The van der Waals surface area contributed by atoms with Crippen molar-refractivity contribution in [2.24, 2.45) is 0 Å². The second kappa shape index (κ2) is 6.34. The van der Waals surface area contributed by atoms with E-state index in [0.29, 0.717) is 25.2 Å². The first-order valence-corrected chi connectivity index (χ1v) is 9.40. The van der Waals surface area contributed by atoms with Crippen molar-refractivity contribution in [2.45, 2.75) is 32.5 Å². The van der Waals surface area contributed by atoms with Crippen LogP contribution in [-0.4, -0.2) is 32.4 Å². The molecule has 1 aromatic heterocycles. The Kier molecular flexibility index (Phi) is 3.79. The Labute approximate surface area is 163 Å². The second-order valence-corrected chi connectivity index (χ2v) is 7.39. The van der Waals surface area contributed by atoms with Gasteiger partial charge in [-0.05, 0) is 24.6 Å². The van der Waals surface area contributed by atoms with Crippen LogP contribution in [0.2, 0.25) is 0 Å². The molecule has 2 aromatic carbocycles. The van der Waals surface area contributed by atoms with Gasteiger partial charge in [0.15, 0.2) is 0 Å². The predicted octanol–water partition coefficient (Wildman–Crippen LogP) is 3.13. The van der Waals surface area contributed by atoms with Gasteiger partial charge in [-0.3, -0.25) is 4.79 Å². The summed E-state index contributed by atoms with van der Waals surface area (Å²) in [7, 11) is 0. The van der Waals surface area contributed by atoms with Gasteiger partial charge < -0.3 is 9.47 Å². The number of fused-ring (bicyclic) bond motifs is 2. The number of amides is 3. The number of anilines is 1. The van der Waals surface area contributed by atoms with Gasteiger partial charge in [-0.1, -0.05) is 48.0 Å². The number of rotatable bonds is 3. The Hall–Kier alpha value is -3.41. The lowest BCUT2D eigenvalue weighted by molar-refractivity contribution is -0.120. The van der Waals surface area contributed by atoms with Crippen LogP contribution < -0.4 is 4.90 Å². The van der Waals surface area contributed by atoms with Crippen molar-refractivity contribution in [1.29, 1.82) is 0 Å². The van der Waals surface area contributed by atoms with Crippen molar-refractivity contribution in [1.82, 2.24) is 14.5 Å². The summed E-state index contributed by atoms with van der Waals surface area (Å²) < 4.78 is 2.10. The van der Waals surface area contributed by atoms with Crippen molar-refractivity contribution in [3.05, 3.63) is 83.4 Å². The molecule has 0 saturated carbocycles. The van der Waals surface area contributed by atoms with E-state index in [2.05, 4.69) is 40.7 Å². The normalized spacial score (nSPS) is 18.4. The Bertz CT molecular complexity index is 1060. The third-order valence-corrected chi connectivity index (χ3v) is 5.55. The van der Waals surface area contributed by atoms with Crippen LogP contribution in [0.4, 0.5) is 10.5 Å². The van der Waals surface area contributed by atoms with Gasteiger partial charge in [-0.15, -0.1) is 0 Å². The number of aryl methyl sites for hydroxylation is 1. The molecule has 1 atom stereocenters. The van der Waals surface area contributed by atoms with Gasteiger partial charge in [0.2, 0.25) is 0 Å². The number of carbonyl (C=O) groups is 2. The lowest BCUT2D eigenvalue weighted by Crippen LogP contribution is -2.40. The molecule has 2 aliphatic rings. The highest BCUT2D eigenvalue weighted by atomic mass is 16.2. The number of hydrogen-bond donors (Lipinski definition) is 0. The molecule has 3 heterocycles. The molecule has 0 aliphatic carbocycles. The van der Waals surface area contributed by atoms with Gasteiger partial charge in [0.1, 0.15) is 6.04 Å². The zero-order chi connectivity index (χ0) is 19.3. The first kappa shape index (κ1) is 16.7. The molecular formula is C22H20N4O2. The van der Waals surface area contributed by atoms with Crippen molar-refractivity contribution in [2.75, 3.05) is 4.90 Å². The van der Waals surface area contributed by atoms with Crippen LogP contribution in [0.25, 0.3) is 0 Å². The van der Waals surface area contributed by atoms with E-state index in [-0.39, 0.29) is 11.9 Å². The van der Waals surface area contributed by atoms with Gasteiger partial charge in [0.25, 0.3) is 5.91 Å². The largest absolute Gasteiger partial charge is 0.332 e. The maximum Gasteiger partial charge on any atom is 0.332 e. The van der Waals surface area contributed by atoms with E-state index < -0.39 is 6.04 Å². The highest BCUT2D eigenvalue weighted by molar-refractivity contribution is 6.21. The van der Waals surface area contributed by atoms with Crippen LogP contribution in [0, 0.1) is 6.92 Å². The van der Waals surface area contributed by atoms with Gasteiger partial charge in [0.05, 0.1) is 24.3 Å². The van der Waals surface area contributed by atoms with Gasteiger partial charge >= 0.3 is 6.03 Å². The van der Waals surface area contributed by atoms with Crippen LogP contribution in [0.3, 0.4) is 0 Å². The average Bonchev–Trinajstić information content (AvgIpc) is 3.21. The Morgan fingerprint density at radius 1 is 1.04 bits per heavy atom. The number of para-hydroxylation sites is 1. The molecule has 0 spiro atoms. The average molecular weight is 372 g/mol. The first-order chi connectivity index (χ1) is 13.6. The minimum absolute atomic E-state index is 0.162. The summed E-state index contributed by atoms with van der Waals surface area (Å²) >= 11 is 0. The number of imidazole rings is 1. The number of hydrogen-bond acceptors (Lipinski definition) is 3. The standard InChI is InChI=1S/C22H20N4O2/c1-15-7-9-16(10-8-15)12-24-14-23-18-13-25-20(11-19(18)24)21(27)26(22(25)28)17-5-3-2-4-6-17/h2-10,14,20H,11-13H2,1H3. The van der Waals surface area contributed by atoms with E-state index in [0.717, 1.165) is 11.4 Å². The maximum absolute atomic E-state index is 13.0. The summed E-state index contributed by atoms with van der Waals surface area (Å²) in [5.74, 6) is -0.162. The summed E-state index contributed by atoms with van der Waals surface area (Å²) in [6.07, 6.45) is 2.31. The van der Waals surface area contributed by atoms with E-state index in [1.165, 1.54) is 16.0 Å². The van der Waals surface area contributed by atoms with Gasteiger partial charge in [0, 0.05) is 18.7 Å². The molecule has 3 amide bonds. The molecule has 1 unspecified atom stereocenters. The van der Waals surface area contributed by atoms with Crippen LogP contribution in [0.5, 0.6) is 0 Å². The molecule has 1 saturated heterocycles. The monoisotopic (exact) mass is 372 g/mol. The highest BCUT2D eigenvalue weighted by Gasteiger charge is 2.48. The highest BCUT2D eigenvalue weighted by Crippen LogP contribution is 2.32. The molecule has 5 rings (SSSR count). The zero-order valence-electron chi connectivity index (χ0n) is 15.6. The first-order valence-electron chi connectivity index (χ1n) is 9.40. The quantitative estimate of drug-likeness (QED) is 0.664. The third-order valence-electron chi connectivity index (χ3n) is 5.55. The second-order valence-electron chi connectivity index (χ2n) is 7.39. The number of benzene rings is 2. The summed E-state index contributed by atoms with van der Waals surface area (Å²) in [6, 6.07) is 16.8. The summed E-state index contributed by atoms with van der Waals surface area (Å²) in [6.45, 7) is 3.15. The van der Waals surface area contributed by atoms with Crippen LogP contribution in [0.15, 0.2) is 60.9 Å². The van der Waals surface area contributed by atoms with Crippen molar-refractivity contribution in [3.63, 3.8) is 0 Å². The fourth-order valence-corrected chi connectivity index (χ4v) is 4.02. The number of carbonyl (C=O) groups excluding carboxylic acids is 2. The topological polar surface area (TPSA) is 58.4 Å². The Morgan fingerprint density at radius 3 is 2.54 bits per heavy atom. The molecule has 140 valence electrons. The summed E-state index contributed by atoms with van der Waals surface area (Å²) in [5.41, 5.74) is 4.94. The summed E-state index contributed by atoms with van der Waals surface area (Å²) in [4.78, 5) is 33.4. The number of imide groups is 1. The molecule has 6 heteroatoms. The molecule has 28 heavy (non-hydrogen) atoms. The van der Waals surface area contributed by atoms with E-state index in [9.17, 15) is 9.59 Å². The third kappa shape index (κ3) is 2.60. The van der Waals surface area contributed by atoms with Gasteiger partial charge in [-0.2, -0.15) is 0 Å². The number of aromatic nitrogens is 2. The maximum atomic E-state index is 13.0. The summed E-state index contributed by atoms with van der Waals surface area (Å²) in [5, 5.41) is 0. The van der Waals surface area contributed by atoms with Gasteiger partial charge in [-0.25, -0.2) is 14.7 Å². The zero-order valence-corrected chi connectivity index (χ0v) is 15.6.